The number of para-hydroxylation sites is 1. The summed E-state index contributed by atoms with van der Waals surface area (Å²) in [6.45, 7) is 0.261. The van der Waals surface area contributed by atoms with Gasteiger partial charge in [-0.15, -0.1) is 0 Å². The molecule has 0 atom stereocenters. The third-order valence-corrected chi connectivity index (χ3v) is 6.10. The molecule has 2 aromatic carbocycles. The van der Waals surface area contributed by atoms with Crippen molar-refractivity contribution in [3.63, 3.8) is 0 Å². The van der Waals surface area contributed by atoms with E-state index in [-0.39, 0.29) is 36.0 Å². The predicted octanol–water partition coefficient (Wildman–Crippen LogP) is 3.79. The molecule has 8 nitrogen and oxygen atoms in total. The van der Waals surface area contributed by atoms with Crippen molar-refractivity contribution < 1.29 is 29.0 Å². The number of carboxylic acid groups (broad SMARTS) is 1. The second-order valence-electron chi connectivity index (χ2n) is 6.95. The van der Waals surface area contributed by atoms with E-state index >= 15 is 0 Å². The molecule has 0 spiro atoms. The Morgan fingerprint density at radius 1 is 1.15 bits per heavy atom. The van der Waals surface area contributed by atoms with Crippen molar-refractivity contribution in [2.75, 3.05) is 19.0 Å². The first kappa shape index (κ1) is 24.1. The Morgan fingerprint density at radius 3 is 2.52 bits per heavy atom. The fourth-order valence-electron chi connectivity index (χ4n) is 3.07. The number of aromatic carboxylic acids is 1. The molecule has 170 valence electrons. The molecule has 2 aromatic rings. The van der Waals surface area contributed by atoms with Crippen LogP contribution in [0.4, 0.5) is 5.69 Å². The highest BCUT2D eigenvalue weighted by molar-refractivity contribution is 8.26. The number of benzene rings is 2. The number of methoxy groups -OCH3 is 1. The number of thiocarbonyl (C=S) groups is 1. The highest BCUT2D eigenvalue weighted by atomic mass is 32.2. The van der Waals surface area contributed by atoms with Crippen LogP contribution in [0.25, 0.3) is 6.08 Å². The smallest absolute Gasteiger partial charge is 0.337 e. The van der Waals surface area contributed by atoms with E-state index in [0.717, 1.165) is 5.56 Å². The van der Waals surface area contributed by atoms with Crippen LogP contribution in [0.3, 0.4) is 0 Å². The fraction of sp³-hybridized carbons (Fsp3) is 0.174. The largest absolute Gasteiger partial charge is 0.478 e. The van der Waals surface area contributed by atoms with E-state index in [2.05, 4.69) is 10.1 Å². The van der Waals surface area contributed by atoms with Crippen LogP contribution in [0.15, 0.2) is 53.4 Å². The third-order valence-electron chi connectivity index (χ3n) is 4.72. The number of rotatable bonds is 8. The van der Waals surface area contributed by atoms with E-state index in [1.54, 1.807) is 42.5 Å². The van der Waals surface area contributed by atoms with Crippen molar-refractivity contribution in [2.45, 2.75) is 12.8 Å². The van der Waals surface area contributed by atoms with Crippen LogP contribution in [0.1, 0.15) is 39.1 Å². The number of anilines is 1. The summed E-state index contributed by atoms with van der Waals surface area (Å²) >= 11 is 6.48. The van der Waals surface area contributed by atoms with Crippen LogP contribution in [0.5, 0.6) is 0 Å². The lowest BCUT2D eigenvalue weighted by Crippen LogP contribution is -2.29. The molecule has 3 rings (SSSR count). The molecule has 0 aromatic heterocycles. The van der Waals surface area contributed by atoms with Crippen LogP contribution < -0.4 is 5.32 Å². The number of carbonyl (C=O) groups is 4. The van der Waals surface area contributed by atoms with Crippen LogP contribution in [0, 0.1) is 0 Å². The Kier molecular flexibility index (Phi) is 7.96. The van der Waals surface area contributed by atoms with Crippen LogP contribution in [-0.2, 0) is 14.3 Å². The number of nitrogens with zero attached hydrogens (tertiary/aromatic N) is 1. The minimum Gasteiger partial charge on any atom is -0.478 e. The van der Waals surface area contributed by atoms with Gasteiger partial charge in [-0.25, -0.2) is 9.59 Å². The summed E-state index contributed by atoms with van der Waals surface area (Å²) in [5.74, 6) is -2.17. The van der Waals surface area contributed by atoms with Crippen LogP contribution >= 0.6 is 24.0 Å². The van der Waals surface area contributed by atoms with E-state index in [1.165, 1.54) is 35.9 Å². The Hall–Kier alpha value is -3.50. The standard InChI is InChI=1S/C23H20N2O6S2/c1-31-22(30)15-10-8-14(9-11-15)13-18-20(27)25(23(32)33-18)12-4-7-19(26)24-17-6-3-2-5-16(17)21(28)29/h2-3,5-6,8-11,13H,4,7,12H2,1H3,(H,24,26)(H,28,29)/b18-13-. The summed E-state index contributed by atoms with van der Waals surface area (Å²) in [5, 5.41) is 11.8. The van der Waals surface area contributed by atoms with Crippen LogP contribution in [0.2, 0.25) is 0 Å². The van der Waals surface area contributed by atoms with E-state index in [4.69, 9.17) is 12.2 Å². The summed E-state index contributed by atoms with van der Waals surface area (Å²) in [6, 6.07) is 12.8. The highest BCUT2D eigenvalue weighted by Gasteiger charge is 2.31. The topological polar surface area (TPSA) is 113 Å². The lowest BCUT2D eigenvalue weighted by molar-refractivity contribution is -0.122. The number of thioether (sulfide) groups is 1. The summed E-state index contributed by atoms with van der Waals surface area (Å²) < 4.78 is 5.06. The molecule has 0 aliphatic carbocycles. The lowest BCUT2D eigenvalue weighted by Gasteiger charge is -2.14. The van der Waals surface area contributed by atoms with Gasteiger partial charge < -0.3 is 15.2 Å². The van der Waals surface area contributed by atoms with Crippen molar-refractivity contribution in [3.8, 4) is 0 Å². The fourth-order valence-corrected chi connectivity index (χ4v) is 4.38. The lowest BCUT2D eigenvalue weighted by atomic mass is 10.1. The summed E-state index contributed by atoms with van der Waals surface area (Å²) in [5.41, 5.74) is 1.38. The van der Waals surface area contributed by atoms with Crippen LogP contribution in [-0.4, -0.2) is 51.7 Å². The monoisotopic (exact) mass is 484 g/mol. The molecule has 33 heavy (non-hydrogen) atoms. The van der Waals surface area contributed by atoms with E-state index in [9.17, 15) is 24.3 Å². The van der Waals surface area contributed by atoms with Crippen molar-refractivity contribution in [1.29, 1.82) is 0 Å². The molecule has 1 aliphatic rings. The summed E-state index contributed by atoms with van der Waals surface area (Å²) in [4.78, 5) is 49.6. The number of hydrogen-bond donors (Lipinski definition) is 2. The molecule has 2 amide bonds. The van der Waals surface area contributed by atoms with Crippen molar-refractivity contribution in [2.24, 2.45) is 0 Å². The van der Waals surface area contributed by atoms with Gasteiger partial charge in [-0.05, 0) is 42.3 Å². The Morgan fingerprint density at radius 2 is 1.85 bits per heavy atom. The normalized spacial score (nSPS) is 14.5. The third kappa shape index (κ3) is 6.05. The molecule has 0 radical (unpaired) electrons. The summed E-state index contributed by atoms with van der Waals surface area (Å²) in [6.07, 6.45) is 2.14. The number of nitrogens with one attached hydrogen (secondary N) is 1. The number of ether oxygens (including phenoxy) is 1. The molecule has 10 heteroatoms. The Labute approximate surface area is 199 Å². The van der Waals surface area contributed by atoms with Crippen molar-refractivity contribution in [1.82, 2.24) is 4.90 Å². The number of carboxylic acids is 1. The van der Waals surface area contributed by atoms with Gasteiger partial charge in [-0.3, -0.25) is 14.5 Å². The zero-order valence-electron chi connectivity index (χ0n) is 17.6. The van der Waals surface area contributed by atoms with Gasteiger partial charge >= 0.3 is 11.9 Å². The van der Waals surface area contributed by atoms with Gasteiger partial charge in [0.2, 0.25) is 5.91 Å². The molecule has 0 unspecified atom stereocenters. The molecular weight excluding hydrogens is 464 g/mol. The molecule has 1 aliphatic heterocycles. The minimum absolute atomic E-state index is 0.00699. The van der Waals surface area contributed by atoms with Gasteiger partial charge in [-0.1, -0.05) is 48.2 Å². The Balaban J connectivity index is 1.56. The molecule has 1 fully saturated rings. The number of amides is 2. The van der Waals surface area contributed by atoms with Gasteiger partial charge in [0.1, 0.15) is 4.32 Å². The first-order valence-electron chi connectivity index (χ1n) is 9.86. The molecular formula is C23H20N2O6S2. The maximum atomic E-state index is 12.7. The molecule has 1 heterocycles. The summed E-state index contributed by atoms with van der Waals surface area (Å²) in [7, 11) is 1.31. The first-order chi connectivity index (χ1) is 15.8. The quantitative estimate of drug-likeness (QED) is 0.331. The zero-order chi connectivity index (χ0) is 24.0. The Bertz CT molecular complexity index is 1140. The van der Waals surface area contributed by atoms with Gasteiger partial charge in [0.15, 0.2) is 0 Å². The number of hydrogen-bond acceptors (Lipinski definition) is 7. The number of carbonyl (C=O) groups excluding carboxylic acids is 3. The van der Waals surface area contributed by atoms with E-state index in [1.807, 2.05) is 0 Å². The van der Waals surface area contributed by atoms with Crippen molar-refractivity contribution >= 4 is 63.8 Å². The highest BCUT2D eigenvalue weighted by Crippen LogP contribution is 2.32. The van der Waals surface area contributed by atoms with Gasteiger partial charge in [0.05, 0.1) is 28.8 Å². The van der Waals surface area contributed by atoms with Gasteiger partial charge in [0, 0.05) is 13.0 Å². The molecule has 1 saturated heterocycles. The maximum absolute atomic E-state index is 12.7. The minimum atomic E-state index is -1.13. The molecule has 0 saturated carbocycles. The zero-order valence-corrected chi connectivity index (χ0v) is 19.2. The average Bonchev–Trinajstić information content (AvgIpc) is 3.06. The SMILES string of the molecule is COC(=O)c1ccc(/C=C2\SC(=S)N(CCCC(=O)Nc3ccccc3C(=O)O)C2=O)cc1. The van der Waals surface area contributed by atoms with E-state index < -0.39 is 11.9 Å². The molecule has 2 N–H and O–H groups in total. The van der Waals surface area contributed by atoms with Gasteiger partial charge in [-0.2, -0.15) is 0 Å². The first-order valence-corrected chi connectivity index (χ1v) is 11.1. The second-order valence-corrected chi connectivity index (χ2v) is 8.63. The average molecular weight is 485 g/mol. The number of esters is 1. The predicted molar refractivity (Wildman–Crippen MR) is 129 cm³/mol. The van der Waals surface area contributed by atoms with Gasteiger partial charge in [0.25, 0.3) is 5.91 Å². The van der Waals surface area contributed by atoms with E-state index in [0.29, 0.717) is 21.2 Å². The second kappa shape index (κ2) is 10.9. The maximum Gasteiger partial charge on any atom is 0.337 e. The molecule has 0 bridgehead atoms. The van der Waals surface area contributed by atoms with Crippen molar-refractivity contribution in [3.05, 3.63) is 70.1 Å².